The van der Waals surface area contributed by atoms with Crippen LogP contribution in [0.25, 0.3) is 16.9 Å². The largest absolute Gasteiger partial charge is 0.305 e. The second-order valence-corrected chi connectivity index (χ2v) is 7.38. The minimum Gasteiger partial charge on any atom is -0.305 e. The molecule has 0 bridgehead atoms. The Morgan fingerprint density at radius 1 is 1.10 bits per heavy atom. The van der Waals surface area contributed by atoms with Gasteiger partial charge in [-0.3, -0.25) is 0 Å². The maximum absolute atomic E-state index is 11.9. The summed E-state index contributed by atoms with van der Waals surface area (Å²) in [5.74, 6) is 0.0806. The van der Waals surface area contributed by atoms with Gasteiger partial charge in [0.1, 0.15) is 5.65 Å². The fraction of sp³-hybridized carbons (Fsp3) is 0.133. The molecule has 0 aliphatic heterocycles. The minimum atomic E-state index is -3.22. The molecule has 2 heterocycles. The fourth-order valence-electron chi connectivity index (χ4n) is 2.08. The molecule has 0 aliphatic carbocycles. The van der Waals surface area contributed by atoms with Crippen LogP contribution < -0.4 is 0 Å². The molecule has 0 fully saturated rings. The highest BCUT2D eigenvalue weighted by Crippen LogP contribution is 2.22. The Balaban J connectivity index is 2.10. The van der Waals surface area contributed by atoms with E-state index in [-0.39, 0.29) is 5.75 Å². The van der Waals surface area contributed by atoms with Crippen LogP contribution in [0, 0.1) is 0 Å². The zero-order chi connectivity index (χ0) is 15.0. The van der Waals surface area contributed by atoms with Crippen molar-refractivity contribution in [2.24, 2.45) is 0 Å². The maximum atomic E-state index is 11.9. The molecule has 0 spiro atoms. The van der Waals surface area contributed by atoms with E-state index in [0.29, 0.717) is 15.6 Å². The van der Waals surface area contributed by atoms with Crippen LogP contribution >= 0.6 is 11.6 Å². The highest BCUT2D eigenvalue weighted by Gasteiger charge is 2.13. The van der Waals surface area contributed by atoms with Crippen molar-refractivity contribution in [1.29, 1.82) is 0 Å². The molecule has 0 saturated heterocycles. The van der Waals surface area contributed by atoms with E-state index >= 15 is 0 Å². The van der Waals surface area contributed by atoms with Crippen molar-refractivity contribution >= 4 is 27.1 Å². The van der Waals surface area contributed by atoms with Gasteiger partial charge in [0.15, 0.2) is 9.84 Å². The van der Waals surface area contributed by atoms with Crippen LogP contribution in [-0.4, -0.2) is 23.6 Å². The Morgan fingerprint density at radius 3 is 2.48 bits per heavy atom. The molecule has 6 heteroatoms. The molecular formula is C15H13ClN2O2S. The van der Waals surface area contributed by atoms with Gasteiger partial charge in [0.05, 0.1) is 16.3 Å². The zero-order valence-electron chi connectivity index (χ0n) is 11.3. The SMILES string of the molecule is CCS(=O)(=O)c1ccc2nc(-c3ccc(Cl)cc3)cn2c1. The number of hydrogen-bond acceptors (Lipinski definition) is 3. The number of aromatic nitrogens is 2. The molecule has 0 aliphatic rings. The van der Waals surface area contributed by atoms with E-state index in [9.17, 15) is 8.42 Å². The first-order valence-electron chi connectivity index (χ1n) is 6.47. The first-order valence-corrected chi connectivity index (χ1v) is 8.50. The lowest BCUT2D eigenvalue weighted by atomic mass is 10.2. The number of imidazole rings is 1. The number of halogens is 1. The van der Waals surface area contributed by atoms with Crippen molar-refractivity contribution in [3.63, 3.8) is 0 Å². The van der Waals surface area contributed by atoms with E-state index < -0.39 is 9.84 Å². The molecule has 1 aromatic carbocycles. The molecule has 2 aromatic heterocycles. The zero-order valence-corrected chi connectivity index (χ0v) is 12.9. The number of fused-ring (bicyclic) bond motifs is 1. The van der Waals surface area contributed by atoms with Crippen molar-refractivity contribution < 1.29 is 8.42 Å². The second-order valence-electron chi connectivity index (χ2n) is 4.67. The van der Waals surface area contributed by atoms with E-state index in [1.54, 1.807) is 41.8 Å². The molecule has 0 radical (unpaired) electrons. The minimum absolute atomic E-state index is 0.0806. The van der Waals surface area contributed by atoms with Gasteiger partial charge in [-0.15, -0.1) is 0 Å². The Morgan fingerprint density at radius 2 is 1.81 bits per heavy atom. The molecule has 0 saturated carbocycles. The third-order valence-electron chi connectivity index (χ3n) is 3.30. The van der Waals surface area contributed by atoms with E-state index in [1.165, 1.54) is 0 Å². The number of benzene rings is 1. The van der Waals surface area contributed by atoms with Crippen LogP contribution in [0.4, 0.5) is 0 Å². The first-order chi connectivity index (χ1) is 9.99. The smallest absolute Gasteiger partial charge is 0.179 e. The maximum Gasteiger partial charge on any atom is 0.179 e. The Hall–Kier alpha value is -1.85. The normalized spacial score (nSPS) is 11.9. The summed E-state index contributed by atoms with van der Waals surface area (Å²) in [5.41, 5.74) is 2.41. The molecule has 21 heavy (non-hydrogen) atoms. The van der Waals surface area contributed by atoms with Crippen LogP contribution in [0.2, 0.25) is 5.02 Å². The van der Waals surface area contributed by atoms with Crippen molar-refractivity contribution in [3.05, 3.63) is 53.8 Å². The Labute approximate surface area is 127 Å². The molecule has 3 aromatic rings. The number of sulfone groups is 1. The topological polar surface area (TPSA) is 51.4 Å². The average molecular weight is 321 g/mol. The van der Waals surface area contributed by atoms with Crippen molar-refractivity contribution in [3.8, 4) is 11.3 Å². The molecular weight excluding hydrogens is 308 g/mol. The summed E-state index contributed by atoms with van der Waals surface area (Å²) in [6.07, 6.45) is 3.41. The predicted octanol–water partition coefficient (Wildman–Crippen LogP) is 3.45. The van der Waals surface area contributed by atoms with Gasteiger partial charge in [0.2, 0.25) is 0 Å². The van der Waals surface area contributed by atoms with Crippen LogP contribution in [0.5, 0.6) is 0 Å². The van der Waals surface area contributed by atoms with E-state index in [2.05, 4.69) is 4.98 Å². The van der Waals surface area contributed by atoms with Crippen molar-refractivity contribution in [2.45, 2.75) is 11.8 Å². The summed E-state index contributed by atoms with van der Waals surface area (Å²) < 4.78 is 25.5. The fourth-order valence-corrected chi connectivity index (χ4v) is 3.09. The predicted molar refractivity (Wildman–Crippen MR) is 83.4 cm³/mol. The number of pyridine rings is 1. The van der Waals surface area contributed by atoms with Gasteiger partial charge in [0.25, 0.3) is 0 Å². The van der Waals surface area contributed by atoms with Gasteiger partial charge in [0, 0.05) is 23.0 Å². The number of nitrogens with zero attached hydrogens (tertiary/aromatic N) is 2. The quantitative estimate of drug-likeness (QED) is 0.742. The highest BCUT2D eigenvalue weighted by molar-refractivity contribution is 7.91. The number of hydrogen-bond donors (Lipinski definition) is 0. The van der Waals surface area contributed by atoms with E-state index in [0.717, 1.165) is 11.3 Å². The van der Waals surface area contributed by atoms with E-state index in [1.807, 2.05) is 18.3 Å². The third-order valence-corrected chi connectivity index (χ3v) is 5.27. The van der Waals surface area contributed by atoms with Gasteiger partial charge < -0.3 is 4.40 Å². The van der Waals surface area contributed by atoms with Crippen molar-refractivity contribution in [1.82, 2.24) is 9.38 Å². The summed E-state index contributed by atoms with van der Waals surface area (Å²) in [7, 11) is -3.22. The van der Waals surface area contributed by atoms with Gasteiger partial charge >= 0.3 is 0 Å². The standard InChI is InChI=1S/C15H13ClN2O2S/c1-2-21(19,20)13-7-8-15-17-14(10-18(15)9-13)11-3-5-12(16)6-4-11/h3-10H,2H2,1H3. The van der Waals surface area contributed by atoms with Crippen LogP contribution in [0.15, 0.2) is 53.7 Å². The lowest BCUT2D eigenvalue weighted by Gasteiger charge is -2.01. The molecule has 108 valence electrons. The first kappa shape index (κ1) is 14.1. The highest BCUT2D eigenvalue weighted by atomic mass is 35.5. The lowest BCUT2D eigenvalue weighted by Crippen LogP contribution is -2.04. The summed E-state index contributed by atoms with van der Waals surface area (Å²) in [6, 6.07) is 10.7. The summed E-state index contributed by atoms with van der Waals surface area (Å²) in [5, 5.41) is 0.666. The van der Waals surface area contributed by atoms with Gasteiger partial charge in [-0.05, 0) is 24.3 Å². The summed E-state index contributed by atoms with van der Waals surface area (Å²) >= 11 is 5.87. The number of rotatable bonds is 3. The Bertz CT molecular complexity index is 899. The molecule has 3 rings (SSSR count). The van der Waals surface area contributed by atoms with Gasteiger partial charge in [-0.25, -0.2) is 13.4 Å². The van der Waals surface area contributed by atoms with E-state index in [4.69, 9.17) is 11.6 Å². The van der Waals surface area contributed by atoms with Gasteiger partial charge in [-0.1, -0.05) is 30.7 Å². The third kappa shape index (κ3) is 2.66. The molecule has 0 atom stereocenters. The molecule has 0 N–H and O–H groups in total. The van der Waals surface area contributed by atoms with Gasteiger partial charge in [-0.2, -0.15) is 0 Å². The van der Waals surface area contributed by atoms with Crippen LogP contribution in [-0.2, 0) is 9.84 Å². The van der Waals surface area contributed by atoms with Crippen LogP contribution in [0.3, 0.4) is 0 Å². The molecule has 0 unspecified atom stereocenters. The lowest BCUT2D eigenvalue weighted by molar-refractivity contribution is 0.596. The second kappa shape index (κ2) is 5.16. The monoisotopic (exact) mass is 320 g/mol. The summed E-state index contributed by atoms with van der Waals surface area (Å²) in [6.45, 7) is 1.63. The molecule has 0 amide bonds. The summed E-state index contributed by atoms with van der Waals surface area (Å²) in [4.78, 5) is 4.79. The van der Waals surface area contributed by atoms with Crippen LogP contribution in [0.1, 0.15) is 6.92 Å². The molecule has 4 nitrogen and oxygen atoms in total. The van der Waals surface area contributed by atoms with Crippen molar-refractivity contribution in [2.75, 3.05) is 5.75 Å². The Kier molecular flexibility index (Phi) is 3.47. The average Bonchev–Trinajstić information content (AvgIpc) is 2.90.